The monoisotopic (exact) mass is 204 g/mol. The van der Waals surface area contributed by atoms with Gasteiger partial charge in [-0.15, -0.1) is 0 Å². The summed E-state index contributed by atoms with van der Waals surface area (Å²) in [5, 5.41) is 10.2. The summed E-state index contributed by atoms with van der Waals surface area (Å²) in [7, 11) is 0. The van der Waals surface area contributed by atoms with Crippen molar-refractivity contribution in [3.05, 3.63) is 35.9 Å². The van der Waals surface area contributed by atoms with Crippen LogP contribution in [-0.2, 0) is 0 Å². The molecule has 0 amide bonds. The normalized spacial score (nSPS) is 21.5. The molecule has 1 aromatic carbocycles. The van der Waals surface area contributed by atoms with Gasteiger partial charge in [0, 0.05) is 0 Å². The van der Waals surface area contributed by atoms with Gasteiger partial charge >= 0.3 is 0 Å². The van der Waals surface area contributed by atoms with Crippen molar-refractivity contribution in [1.82, 2.24) is 0 Å². The Labute approximate surface area is 92.1 Å². The van der Waals surface area contributed by atoms with Crippen LogP contribution in [0.2, 0.25) is 0 Å². The zero-order valence-electron chi connectivity index (χ0n) is 9.39. The average Bonchev–Trinajstić information content (AvgIpc) is 2.82. The first kappa shape index (κ1) is 10.7. The first-order chi connectivity index (χ1) is 7.29. The molecular weight excluding hydrogens is 184 g/mol. The molecule has 1 heteroatoms. The summed E-state index contributed by atoms with van der Waals surface area (Å²) >= 11 is 0. The number of hydrogen-bond donors (Lipinski definition) is 1. The zero-order valence-corrected chi connectivity index (χ0v) is 9.39. The summed E-state index contributed by atoms with van der Waals surface area (Å²) in [6.07, 6.45) is 5.00. The molecule has 2 unspecified atom stereocenters. The lowest BCUT2D eigenvalue weighted by atomic mass is 9.85. The van der Waals surface area contributed by atoms with Crippen LogP contribution in [-0.4, -0.2) is 5.11 Å². The predicted molar refractivity (Wildman–Crippen MR) is 62.5 cm³/mol. The Morgan fingerprint density at radius 2 is 1.73 bits per heavy atom. The van der Waals surface area contributed by atoms with Gasteiger partial charge in [-0.05, 0) is 17.4 Å². The molecule has 0 bridgehead atoms. The van der Waals surface area contributed by atoms with Crippen LogP contribution < -0.4 is 0 Å². The second-order valence-corrected chi connectivity index (χ2v) is 4.76. The molecule has 1 nitrogen and oxygen atoms in total. The van der Waals surface area contributed by atoms with Crippen molar-refractivity contribution >= 4 is 0 Å². The molecule has 0 aromatic heterocycles. The van der Waals surface area contributed by atoms with Crippen LogP contribution in [0.3, 0.4) is 0 Å². The van der Waals surface area contributed by atoms with E-state index in [2.05, 4.69) is 6.92 Å². The van der Waals surface area contributed by atoms with Crippen LogP contribution in [0, 0.1) is 11.8 Å². The van der Waals surface area contributed by atoms with Gasteiger partial charge in [0.1, 0.15) is 0 Å². The standard InChI is InChI=1S/C14H20O/c1-11(12-7-5-6-8-12)14(15)13-9-3-2-4-10-13/h2-4,9-12,14-15H,5-8H2,1H3. The fourth-order valence-electron chi connectivity index (χ4n) is 2.69. The van der Waals surface area contributed by atoms with Gasteiger partial charge < -0.3 is 5.11 Å². The molecule has 1 saturated carbocycles. The van der Waals surface area contributed by atoms with Crippen molar-refractivity contribution in [3.8, 4) is 0 Å². The number of hydrogen-bond acceptors (Lipinski definition) is 1. The van der Waals surface area contributed by atoms with Gasteiger partial charge in [-0.25, -0.2) is 0 Å². The van der Waals surface area contributed by atoms with Gasteiger partial charge in [0.05, 0.1) is 6.10 Å². The Bertz CT molecular complexity index is 287. The van der Waals surface area contributed by atoms with E-state index in [4.69, 9.17) is 0 Å². The van der Waals surface area contributed by atoms with Crippen molar-refractivity contribution in [2.45, 2.75) is 38.7 Å². The van der Waals surface area contributed by atoms with Gasteiger partial charge in [-0.3, -0.25) is 0 Å². The third-order valence-corrected chi connectivity index (χ3v) is 3.78. The summed E-state index contributed by atoms with van der Waals surface area (Å²) < 4.78 is 0. The first-order valence-electron chi connectivity index (χ1n) is 6.02. The highest BCUT2D eigenvalue weighted by Crippen LogP contribution is 2.37. The highest BCUT2D eigenvalue weighted by atomic mass is 16.3. The van der Waals surface area contributed by atoms with Gasteiger partial charge in [-0.1, -0.05) is 62.9 Å². The molecule has 0 aliphatic heterocycles. The van der Waals surface area contributed by atoms with Crippen molar-refractivity contribution in [2.24, 2.45) is 11.8 Å². The van der Waals surface area contributed by atoms with Crippen LogP contribution in [0.4, 0.5) is 0 Å². The lowest BCUT2D eigenvalue weighted by Crippen LogP contribution is -2.17. The highest BCUT2D eigenvalue weighted by Gasteiger charge is 2.27. The minimum Gasteiger partial charge on any atom is -0.388 e. The van der Waals surface area contributed by atoms with E-state index >= 15 is 0 Å². The third-order valence-electron chi connectivity index (χ3n) is 3.78. The van der Waals surface area contributed by atoms with E-state index in [9.17, 15) is 5.11 Å². The maximum Gasteiger partial charge on any atom is 0.0818 e. The first-order valence-corrected chi connectivity index (χ1v) is 6.02. The van der Waals surface area contributed by atoms with E-state index in [1.54, 1.807) is 0 Å². The van der Waals surface area contributed by atoms with E-state index in [0.717, 1.165) is 11.5 Å². The third kappa shape index (κ3) is 2.40. The average molecular weight is 204 g/mol. The predicted octanol–water partition coefficient (Wildman–Crippen LogP) is 3.55. The molecule has 0 radical (unpaired) electrons. The van der Waals surface area contributed by atoms with Crippen molar-refractivity contribution in [1.29, 1.82) is 0 Å². The smallest absolute Gasteiger partial charge is 0.0818 e. The molecule has 82 valence electrons. The number of aliphatic hydroxyl groups excluding tert-OH is 1. The molecule has 0 saturated heterocycles. The van der Waals surface area contributed by atoms with Crippen LogP contribution in [0.15, 0.2) is 30.3 Å². The second-order valence-electron chi connectivity index (χ2n) is 4.76. The van der Waals surface area contributed by atoms with Gasteiger partial charge in [0.15, 0.2) is 0 Å². The summed E-state index contributed by atoms with van der Waals surface area (Å²) in [6, 6.07) is 10.0. The number of rotatable bonds is 3. The fraction of sp³-hybridized carbons (Fsp3) is 0.571. The van der Waals surface area contributed by atoms with Crippen LogP contribution in [0.5, 0.6) is 0 Å². The molecule has 2 atom stereocenters. The fourth-order valence-corrected chi connectivity index (χ4v) is 2.69. The largest absolute Gasteiger partial charge is 0.388 e. The van der Waals surface area contributed by atoms with Crippen molar-refractivity contribution < 1.29 is 5.11 Å². The van der Waals surface area contributed by atoms with E-state index < -0.39 is 0 Å². The summed E-state index contributed by atoms with van der Waals surface area (Å²) in [5.41, 5.74) is 1.07. The summed E-state index contributed by atoms with van der Waals surface area (Å²) in [5.74, 6) is 1.12. The Kier molecular flexibility index (Phi) is 3.42. The minimum absolute atomic E-state index is 0.283. The molecule has 1 fully saturated rings. The zero-order chi connectivity index (χ0) is 10.7. The van der Waals surface area contributed by atoms with Gasteiger partial charge in [0.25, 0.3) is 0 Å². The van der Waals surface area contributed by atoms with Crippen LogP contribution >= 0.6 is 0 Å². The molecule has 0 heterocycles. The topological polar surface area (TPSA) is 20.2 Å². The molecule has 2 rings (SSSR count). The summed E-state index contributed by atoms with van der Waals surface area (Å²) in [6.45, 7) is 2.19. The van der Waals surface area contributed by atoms with Gasteiger partial charge in [-0.2, -0.15) is 0 Å². The maximum atomic E-state index is 10.2. The quantitative estimate of drug-likeness (QED) is 0.798. The second kappa shape index (κ2) is 4.80. The minimum atomic E-state index is -0.283. The molecule has 1 aliphatic rings. The van der Waals surface area contributed by atoms with Crippen LogP contribution in [0.25, 0.3) is 0 Å². The van der Waals surface area contributed by atoms with E-state index in [-0.39, 0.29) is 6.10 Å². The van der Waals surface area contributed by atoms with Crippen molar-refractivity contribution in [3.63, 3.8) is 0 Å². The van der Waals surface area contributed by atoms with Gasteiger partial charge in [0.2, 0.25) is 0 Å². The molecule has 1 aromatic rings. The van der Waals surface area contributed by atoms with Crippen molar-refractivity contribution in [2.75, 3.05) is 0 Å². The molecule has 1 N–H and O–H groups in total. The van der Waals surface area contributed by atoms with E-state index in [0.29, 0.717) is 5.92 Å². The Balaban J connectivity index is 2.03. The number of aliphatic hydroxyl groups is 1. The molecular formula is C14H20O. The lowest BCUT2D eigenvalue weighted by Gasteiger charge is -2.24. The lowest BCUT2D eigenvalue weighted by molar-refractivity contribution is 0.0838. The molecule has 0 spiro atoms. The Hall–Kier alpha value is -0.820. The van der Waals surface area contributed by atoms with E-state index in [1.807, 2.05) is 30.3 Å². The maximum absolute atomic E-state index is 10.2. The summed E-state index contributed by atoms with van der Waals surface area (Å²) in [4.78, 5) is 0. The Morgan fingerprint density at radius 1 is 1.13 bits per heavy atom. The molecule has 15 heavy (non-hydrogen) atoms. The Morgan fingerprint density at radius 3 is 2.33 bits per heavy atom. The highest BCUT2D eigenvalue weighted by molar-refractivity contribution is 5.18. The van der Waals surface area contributed by atoms with Crippen LogP contribution in [0.1, 0.15) is 44.3 Å². The SMILES string of the molecule is CC(C1CCCC1)C(O)c1ccccc1. The van der Waals surface area contributed by atoms with E-state index in [1.165, 1.54) is 25.7 Å². The number of benzene rings is 1. The molecule has 1 aliphatic carbocycles.